The molecule has 0 atom stereocenters. The van der Waals surface area contributed by atoms with Crippen LogP contribution < -0.4 is 14.2 Å². The molecule has 0 spiro atoms. The van der Waals surface area contributed by atoms with Crippen molar-refractivity contribution in [2.24, 2.45) is 0 Å². The number of carbonyl (C=O) groups is 1. The van der Waals surface area contributed by atoms with E-state index in [0.717, 1.165) is 11.3 Å². The molecule has 0 radical (unpaired) electrons. The zero-order chi connectivity index (χ0) is 19.6. The Labute approximate surface area is 163 Å². The van der Waals surface area contributed by atoms with Gasteiger partial charge in [0.1, 0.15) is 32.0 Å². The highest BCUT2D eigenvalue weighted by atomic mass is 35.5. The number of anilines is 1. The van der Waals surface area contributed by atoms with E-state index in [1.807, 2.05) is 0 Å². The third kappa shape index (κ3) is 4.07. The maximum Gasteiger partial charge on any atom is 0.355 e. The molecule has 0 aliphatic rings. The first kappa shape index (κ1) is 19.2. The van der Waals surface area contributed by atoms with Gasteiger partial charge in [-0.3, -0.25) is 0 Å². The van der Waals surface area contributed by atoms with Gasteiger partial charge in [-0.2, -0.15) is 0 Å². The van der Waals surface area contributed by atoms with Crippen LogP contribution in [0.25, 0.3) is 0 Å². The van der Waals surface area contributed by atoms with E-state index in [9.17, 15) is 13.2 Å². The molecule has 27 heavy (non-hydrogen) atoms. The fraction of sp³-hybridized carbons (Fsp3) is 0.125. The van der Waals surface area contributed by atoms with Gasteiger partial charge < -0.3 is 14.0 Å². The molecular weight excluding hydrogens is 416 g/mol. The molecule has 0 amide bonds. The minimum absolute atomic E-state index is 0.0381. The summed E-state index contributed by atoms with van der Waals surface area (Å²) in [7, 11) is -2.62. The van der Waals surface area contributed by atoms with Crippen molar-refractivity contribution in [3.63, 3.8) is 0 Å². The Morgan fingerprint density at radius 1 is 1.22 bits per heavy atom. The minimum atomic E-state index is -4.14. The average molecular weight is 429 g/mol. The quantitative estimate of drug-likeness (QED) is 0.470. The highest BCUT2D eigenvalue weighted by molar-refractivity contribution is 7.93. The number of carbonyl (C=O) groups excluding carboxylic acids is 1. The number of nitrogens with one attached hydrogen (secondary N) is 1. The third-order valence-corrected chi connectivity index (χ3v) is 6.23. The number of aromatic nitrogens is 1. The van der Waals surface area contributed by atoms with Gasteiger partial charge in [0.25, 0.3) is 15.9 Å². The van der Waals surface area contributed by atoms with Gasteiger partial charge in [0, 0.05) is 0 Å². The van der Waals surface area contributed by atoms with Crippen molar-refractivity contribution in [1.29, 1.82) is 0 Å². The molecule has 0 bridgehead atoms. The summed E-state index contributed by atoms with van der Waals surface area (Å²) >= 11 is 6.86. The summed E-state index contributed by atoms with van der Waals surface area (Å²) in [4.78, 5) is 12.1. The van der Waals surface area contributed by atoms with Gasteiger partial charge in [0.05, 0.1) is 7.11 Å². The molecule has 11 heteroatoms. The lowest BCUT2D eigenvalue weighted by Crippen LogP contribution is -2.17. The molecule has 3 rings (SSSR count). The van der Waals surface area contributed by atoms with Crippen LogP contribution in [0.1, 0.15) is 15.4 Å². The highest BCUT2D eigenvalue weighted by Gasteiger charge is 2.28. The van der Waals surface area contributed by atoms with Gasteiger partial charge in [-0.15, -0.1) is 11.3 Å². The van der Waals surface area contributed by atoms with E-state index in [1.54, 1.807) is 19.1 Å². The Hall–Kier alpha value is -2.56. The standard InChI is InChI=1S/C16H13ClN2O6S2/c1-9-13(17)15(25-18-9)19-27(21,22)12-7-8-26-14(12)16(20)24-11-5-3-10(23-2)4-6-11/h3-8,19H,1-2H3. The van der Waals surface area contributed by atoms with Crippen molar-refractivity contribution < 1.29 is 27.2 Å². The number of rotatable bonds is 6. The summed E-state index contributed by atoms with van der Waals surface area (Å²) < 4.78 is 42.5. The Morgan fingerprint density at radius 3 is 2.48 bits per heavy atom. The van der Waals surface area contributed by atoms with Crippen LogP contribution in [-0.2, 0) is 10.0 Å². The van der Waals surface area contributed by atoms with Crippen LogP contribution in [0.15, 0.2) is 45.1 Å². The van der Waals surface area contributed by atoms with Crippen LogP contribution in [0.4, 0.5) is 5.88 Å². The number of halogens is 1. The van der Waals surface area contributed by atoms with Crippen LogP contribution in [0.2, 0.25) is 5.02 Å². The summed E-state index contributed by atoms with van der Waals surface area (Å²) in [5.74, 6) is -0.192. The lowest BCUT2D eigenvalue weighted by molar-refractivity contribution is 0.0736. The second-order valence-corrected chi connectivity index (χ2v) is 8.14. The minimum Gasteiger partial charge on any atom is -0.497 e. The largest absolute Gasteiger partial charge is 0.497 e. The van der Waals surface area contributed by atoms with Crippen LogP contribution in [-0.4, -0.2) is 26.7 Å². The zero-order valence-electron chi connectivity index (χ0n) is 14.1. The lowest BCUT2D eigenvalue weighted by atomic mass is 10.3. The molecule has 1 N–H and O–H groups in total. The predicted molar refractivity (Wildman–Crippen MR) is 99.3 cm³/mol. The third-order valence-electron chi connectivity index (χ3n) is 3.39. The van der Waals surface area contributed by atoms with Crippen molar-refractivity contribution in [1.82, 2.24) is 5.16 Å². The zero-order valence-corrected chi connectivity index (χ0v) is 16.4. The first-order valence-corrected chi connectivity index (χ1v) is 10.1. The van der Waals surface area contributed by atoms with E-state index in [0.29, 0.717) is 11.4 Å². The average Bonchev–Trinajstić information content (AvgIpc) is 3.26. The summed E-state index contributed by atoms with van der Waals surface area (Å²) in [6.07, 6.45) is 0. The lowest BCUT2D eigenvalue weighted by Gasteiger charge is -2.07. The molecule has 0 saturated carbocycles. The maximum atomic E-state index is 12.6. The van der Waals surface area contributed by atoms with E-state index in [1.165, 1.54) is 30.7 Å². The molecule has 0 unspecified atom stereocenters. The first-order valence-electron chi connectivity index (χ1n) is 7.40. The number of benzene rings is 1. The number of methoxy groups -OCH3 is 1. The second kappa shape index (κ2) is 7.59. The Bertz CT molecular complexity index is 1070. The molecule has 2 heterocycles. The highest BCUT2D eigenvalue weighted by Crippen LogP contribution is 2.30. The van der Waals surface area contributed by atoms with Crippen LogP contribution in [0.3, 0.4) is 0 Å². The number of thiophene rings is 1. The Kier molecular flexibility index (Phi) is 5.40. The number of esters is 1. The van der Waals surface area contributed by atoms with Crippen molar-refractivity contribution in [2.45, 2.75) is 11.8 Å². The molecule has 0 fully saturated rings. The monoisotopic (exact) mass is 428 g/mol. The summed E-state index contributed by atoms with van der Waals surface area (Å²) in [5, 5.41) is 5.08. The number of ether oxygens (including phenoxy) is 2. The number of hydrogen-bond acceptors (Lipinski definition) is 8. The topological polar surface area (TPSA) is 108 Å². The van der Waals surface area contributed by atoms with E-state index < -0.39 is 16.0 Å². The molecule has 1 aromatic carbocycles. The van der Waals surface area contributed by atoms with Gasteiger partial charge in [0.15, 0.2) is 0 Å². The van der Waals surface area contributed by atoms with E-state index in [2.05, 4.69) is 9.88 Å². The van der Waals surface area contributed by atoms with E-state index >= 15 is 0 Å². The maximum absolute atomic E-state index is 12.6. The van der Waals surface area contributed by atoms with Gasteiger partial charge in [-0.05, 0) is 42.6 Å². The molecule has 0 aliphatic heterocycles. The van der Waals surface area contributed by atoms with Gasteiger partial charge in [-0.25, -0.2) is 17.9 Å². The van der Waals surface area contributed by atoms with Crippen LogP contribution in [0, 0.1) is 6.92 Å². The summed E-state index contributed by atoms with van der Waals surface area (Å²) in [5.41, 5.74) is 0.332. The fourth-order valence-electron chi connectivity index (χ4n) is 2.05. The number of nitrogens with zero attached hydrogens (tertiary/aromatic N) is 1. The van der Waals surface area contributed by atoms with E-state index in [4.69, 9.17) is 25.6 Å². The van der Waals surface area contributed by atoms with Crippen molar-refractivity contribution in [3.05, 3.63) is 51.3 Å². The number of sulfonamides is 1. The van der Waals surface area contributed by atoms with Crippen molar-refractivity contribution in [3.8, 4) is 11.5 Å². The molecular formula is C16H13ClN2O6S2. The summed E-state index contributed by atoms with van der Waals surface area (Å²) in [6, 6.07) is 7.59. The fourth-order valence-corrected chi connectivity index (χ4v) is 4.52. The molecule has 0 aliphatic carbocycles. The SMILES string of the molecule is COc1ccc(OC(=O)c2sccc2S(=O)(=O)Nc2onc(C)c2Cl)cc1. The molecule has 0 saturated heterocycles. The van der Waals surface area contributed by atoms with Gasteiger partial charge in [-0.1, -0.05) is 16.8 Å². The smallest absolute Gasteiger partial charge is 0.355 e. The molecule has 3 aromatic rings. The number of hydrogen-bond donors (Lipinski definition) is 1. The van der Waals surface area contributed by atoms with Crippen molar-refractivity contribution in [2.75, 3.05) is 11.8 Å². The predicted octanol–water partition coefficient (Wildman–Crippen LogP) is 3.73. The van der Waals surface area contributed by atoms with Crippen LogP contribution >= 0.6 is 22.9 Å². The molecule has 2 aromatic heterocycles. The van der Waals surface area contributed by atoms with Crippen LogP contribution in [0.5, 0.6) is 11.5 Å². The summed E-state index contributed by atoms with van der Waals surface area (Å²) in [6.45, 7) is 1.56. The second-order valence-electron chi connectivity index (χ2n) is 5.20. The van der Waals surface area contributed by atoms with Crippen molar-refractivity contribution >= 4 is 44.8 Å². The molecule has 142 valence electrons. The normalized spacial score (nSPS) is 11.2. The number of aryl methyl sites for hydroxylation is 1. The van der Waals surface area contributed by atoms with E-state index in [-0.39, 0.29) is 26.4 Å². The van der Waals surface area contributed by atoms with Gasteiger partial charge >= 0.3 is 5.97 Å². The first-order chi connectivity index (χ1) is 12.8. The molecule has 8 nitrogen and oxygen atoms in total. The van der Waals surface area contributed by atoms with Gasteiger partial charge in [0.2, 0.25) is 0 Å². The Morgan fingerprint density at radius 2 is 1.89 bits per heavy atom. The Balaban J connectivity index is 1.83.